The van der Waals surface area contributed by atoms with Crippen LogP contribution in [0.4, 0.5) is 5.82 Å². The van der Waals surface area contributed by atoms with E-state index in [1.54, 1.807) is 0 Å². The average Bonchev–Trinajstić information content (AvgIpc) is 2.65. The van der Waals surface area contributed by atoms with Gasteiger partial charge in [0.2, 0.25) is 0 Å². The highest BCUT2D eigenvalue weighted by Gasteiger charge is 2.28. The van der Waals surface area contributed by atoms with Gasteiger partial charge in [-0.1, -0.05) is 0 Å². The Bertz CT molecular complexity index is 616. The van der Waals surface area contributed by atoms with Crippen molar-refractivity contribution in [2.24, 2.45) is 4.99 Å². The second kappa shape index (κ2) is 8.95. The molecule has 0 atom stereocenters. The third-order valence-corrected chi connectivity index (χ3v) is 5.91. The lowest BCUT2D eigenvalue weighted by Crippen LogP contribution is -2.50. The summed E-state index contributed by atoms with van der Waals surface area (Å²) >= 11 is 2.04. The Kier molecular flexibility index (Phi) is 6.64. The van der Waals surface area contributed by atoms with Gasteiger partial charge in [-0.2, -0.15) is 11.8 Å². The van der Waals surface area contributed by atoms with Gasteiger partial charge in [-0.15, -0.1) is 0 Å². The van der Waals surface area contributed by atoms with Crippen molar-refractivity contribution in [1.82, 2.24) is 15.2 Å². The molecule has 1 N–H and O–H groups in total. The van der Waals surface area contributed by atoms with Gasteiger partial charge < -0.3 is 19.9 Å². The topological polar surface area (TPSA) is 53.0 Å². The molecule has 26 heavy (non-hydrogen) atoms. The van der Waals surface area contributed by atoms with Crippen LogP contribution in [0.3, 0.4) is 0 Å². The summed E-state index contributed by atoms with van der Waals surface area (Å²) in [5.41, 5.74) is 1.20. The minimum absolute atomic E-state index is 0.272. The van der Waals surface area contributed by atoms with Crippen molar-refractivity contribution in [1.29, 1.82) is 0 Å². The van der Waals surface area contributed by atoms with Crippen molar-refractivity contribution >= 4 is 23.5 Å². The number of aromatic nitrogens is 1. The van der Waals surface area contributed by atoms with Gasteiger partial charge in [0.1, 0.15) is 5.82 Å². The Morgan fingerprint density at radius 2 is 2.15 bits per heavy atom. The van der Waals surface area contributed by atoms with Crippen LogP contribution in [-0.4, -0.2) is 72.3 Å². The molecule has 7 heteroatoms. The normalized spacial score (nSPS) is 21.0. The summed E-state index contributed by atoms with van der Waals surface area (Å²) in [6, 6.07) is 4.22. The summed E-state index contributed by atoms with van der Waals surface area (Å²) in [6.07, 6.45) is 1.89. The molecule has 0 saturated carbocycles. The number of pyridine rings is 1. The number of thioether (sulfide) groups is 1. The largest absolute Gasteiger partial charge is 0.378 e. The fourth-order valence-electron chi connectivity index (χ4n) is 3.31. The average molecular weight is 378 g/mol. The number of aliphatic imine (C=N–C) groups is 1. The molecule has 0 radical (unpaired) electrons. The maximum Gasteiger partial charge on any atom is 0.194 e. The standard InChI is InChI=1S/C19H31N5OS/c1-4-20-18(24-9-12-26-19(2,3)15-24)22-14-16-5-6-21-17(13-16)23-7-10-25-11-8-23/h5-6,13H,4,7-12,14-15H2,1-3H3,(H,20,22). The molecule has 2 aliphatic heterocycles. The number of hydrogen-bond acceptors (Lipinski definition) is 5. The molecular weight excluding hydrogens is 346 g/mol. The van der Waals surface area contributed by atoms with Gasteiger partial charge in [0.05, 0.1) is 19.8 Å². The van der Waals surface area contributed by atoms with E-state index in [0.29, 0.717) is 6.54 Å². The molecular formula is C19H31N5OS. The summed E-state index contributed by atoms with van der Waals surface area (Å²) in [6.45, 7) is 13.7. The highest BCUT2D eigenvalue weighted by atomic mass is 32.2. The van der Waals surface area contributed by atoms with Crippen LogP contribution >= 0.6 is 11.8 Å². The second-order valence-electron chi connectivity index (χ2n) is 7.32. The monoisotopic (exact) mass is 377 g/mol. The Morgan fingerprint density at radius 3 is 2.88 bits per heavy atom. The van der Waals surface area contributed by atoms with Crippen molar-refractivity contribution < 1.29 is 4.74 Å². The van der Waals surface area contributed by atoms with Crippen LogP contribution in [0.25, 0.3) is 0 Å². The van der Waals surface area contributed by atoms with Crippen molar-refractivity contribution in [3.63, 3.8) is 0 Å². The molecule has 3 heterocycles. The van der Waals surface area contributed by atoms with E-state index < -0.39 is 0 Å². The van der Waals surface area contributed by atoms with Crippen LogP contribution in [0.1, 0.15) is 26.3 Å². The summed E-state index contributed by atoms with van der Waals surface area (Å²) in [4.78, 5) is 14.1. The molecule has 0 spiro atoms. The van der Waals surface area contributed by atoms with Crippen LogP contribution in [0, 0.1) is 0 Å². The fourth-order valence-corrected chi connectivity index (χ4v) is 4.42. The molecule has 1 aromatic rings. The molecule has 0 unspecified atom stereocenters. The zero-order chi connectivity index (χ0) is 18.4. The van der Waals surface area contributed by atoms with Gasteiger partial charge in [0.15, 0.2) is 5.96 Å². The lowest BCUT2D eigenvalue weighted by Gasteiger charge is -2.39. The third kappa shape index (κ3) is 5.27. The molecule has 2 fully saturated rings. The van der Waals surface area contributed by atoms with Crippen LogP contribution in [0.15, 0.2) is 23.3 Å². The first-order chi connectivity index (χ1) is 12.6. The number of anilines is 1. The molecule has 0 aromatic carbocycles. The molecule has 6 nitrogen and oxygen atoms in total. The van der Waals surface area contributed by atoms with E-state index in [0.717, 1.165) is 63.5 Å². The van der Waals surface area contributed by atoms with Crippen LogP contribution in [0.2, 0.25) is 0 Å². The smallest absolute Gasteiger partial charge is 0.194 e. The molecule has 0 amide bonds. The number of ether oxygens (including phenoxy) is 1. The number of hydrogen-bond donors (Lipinski definition) is 1. The second-order valence-corrected chi connectivity index (χ2v) is 9.12. The molecule has 144 valence electrons. The molecule has 0 bridgehead atoms. The SMILES string of the molecule is CCNC(=NCc1ccnc(N2CCOCC2)c1)N1CCSC(C)(C)C1. The summed E-state index contributed by atoms with van der Waals surface area (Å²) in [7, 11) is 0. The first kappa shape index (κ1) is 19.3. The van der Waals surface area contributed by atoms with Gasteiger partial charge in [-0.25, -0.2) is 9.98 Å². The van der Waals surface area contributed by atoms with E-state index in [2.05, 4.69) is 53.0 Å². The van der Waals surface area contributed by atoms with Gasteiger partial charge in [0, 0.05) is 49.4 Å². The first-order valence-corrected chi connectivity index (χ1v) is 10.5. The maximum atomic E-state index is 5.43. The van der Waals surface area contributed by atoms with Gasteiger partial charge in [0.25, 0.3) is 0 Å². The predicted octanol–water partition coefficient (Wildman–Crippen LogP) is 2.21. The zero-order valence-corrected chi connectivity index (χ0v) is 17.0. The summed E-state index contributed by atoms with van der Waals surface area (Å²) in [5.74, 6) is 3.19. The van der Waals surface area contributed by atoms with E-state index in [4.69, 9.17) is 9.73 Å². The van der Waals surface area contributed by atoms with Crippen LogP contribution < -0.4 is 10.2 Å². The van der Waals surface area contributed by atoms with E-state index in [1.807, 2.05) is 18.0 Å². The quantitative estimate of drug-likeness (QED) is 0.641. The van der Waals surface area contributed by atoms with E-state index in [9.17, 15) is 0 Å². The Labute approximate surface area is 161 Å². The minimum atomic E-state index is 0.272. The van der Waals surface area contributed by atoms with E-state index in [-0.39, 0.29) is 4.75 Å². The van der Waals surface area contributed by atoms with Crippen molar-refractivity contribution in [3.8, 4) is 0 Å². The Balaban J connectivity index is 1.69. The molecule has 3 rings (SSSR count). The van der Waals surface area contributed by atoms with Crippen LogP contribution in [0.5, 0.6) is 0 Å². The highest BCUT2D eigenvalue weighted by molar-refractivity contribution is 8.00. The highest BCUT2D eigenvalue weighted by Crippen LogP contribution is 2.29. The van der Waals surface area contributed by atoms with Gasteiger partial charge in [-0.05, 0) is 38.5 Å². The molecule has 2 aliphatic rings. The van der Waals surface area contributed by atoms with Crippen LogP contribution in [-0.2, 0) is 11.3 Å². The third-order valence-electron chi connectivity index (χ3n) is 4.62. The lowest BCUT2D eigenvalue weighted by molar-refractivity contribution is 0.122. The van der Waals surface area contributed by atoms with E-state index >= 15 is 0 Å². The van der Waals surface area contributed by atoms with Crippen molar-refractivity contribution in [2.75, 3.05) is 56.6 Å². The number of nitrogens with one attached hydrogen (secondary N) is 1. The van der Waals surface area contributed by atoms with Crippen molar-refractivity contribution in [3.05, 3.63) is 23.9 Å². The number of nitrogens with zero attached hydrogens (tertiary/aromatic N) is 4. The summed E-state index contributed by atoms with van der Waals surface area (Å²) < 4.78 is 5.71. The Morgan fingerprint density at radius 1 is 1.35 bits per heavy atom. The molecule has 1 aromatic heterocycles. The number of guanidine groups is 1. The molecule has 0 aliphatic carbocycles. The minimum Gasteiger partial charge on any atom is -0.378 e. The first-order valence-electron chi connectivity index (χ1n) is 9.52. The van der Waals surface area contributed by atoms with Crippen molar-refractivity contribution in [2.45, 2.75) is 32.1 Å². The Hall–Kier alpha value is -1.47. The summed E-state index contributed by atoms with van der Waals surface area (Å²) in [5, 5.41) is 3.46. The zero-order valence-electron chi connectivity index (χ0n) is 16.2. The van der Waals surface area contributed by atoms with Gasteiger partial charge >= 0.3 is 0 Å². The van der Waals surface area contributed by atoms with E-state index in [1.165, 1.54) is 5.56 Å². The fraction of sp³-hybridized carbons (Fsp3) is 0.684. The predicted molar refractivity (Wildman–Crippen MR) is 110 cm³/mol. The maximum absolute atomic E-state index is 5.43. The number of rotatable bonds is 4. The number of morpholine rings is 1. The lowest BCUT2D eigenvalue weighted by atomic mass is 10.2. The molecule has 2 saturated heterocycles. The van der Waals surface area contributed by atoms with Gasteiger partial charge in [-0.3, -0.25) is 0 Å².